The normalized spacial score (nSPS) is 11.0. The number of para-hydroxylation sites is 2. The Morgan fingerprint density at radius 3 is 2.71 bits per heavy atom. The molecule has 3 aromatic rings. The standard InChI is InChI=1S/C15H10Br2N2O2/c16-9-5-6-11(17)10(7-9)15-18-12-3-1-2-4-13(12)19(15)8-14(20)21/h1-7H,8H2,(H,20,21). The van der Waals surface area contributed by atoms with E-state index in [4.69, 9.17) is 0 Å². The number of carboxylic acid groups (broad SMARTS) is 1. The molecule has 0 saturated carbocycles. The van der Waals surface area contributed by atoms with Crippen LogP contribution in [0.4, 0.5) is 0 Å². The van der Waals surface area contributed by atoms with Gasteiger partial charge in [0.1, 0.15) is 12.4 Å². The van der Waals surface area contributed by atoms with Crippen LogP contribution in [-0.2, 0) is 11.3 Å². The van der Waals surface area contributed by atoms with E-state index in [0.717, 1.165) is 25.5 Å². The third kappa shape index (κ3) is 2.73. The molecule has 0 aliphatic rings. The number of halogens is 2. The lowest BCUT2D eigenvalue weighted by atomic mass is 10.2. The predicted molar refractivity (Wildman–Crippen MR) is 88.2 cm³/mol. The summed E-state index contributed by atoms with van der Waals surface area (Å²) in [7, 11) is 0. The zero-order valence-electron chi connectivity index (χ0n) is 10.8. The van der Waals surface area contributed by atoms with E-state index in [-0.39, 0.29) is 6.54 Å². The van der Waals surface area contributed by atoms with Gasteiger partial charge >= 0.3 is 5.97 Å². The second-order valence-electron chi connectivity index (χ2n) is 4.53. The van der Waals surface area contributed by atoms with Crippen LogP contribution >= 0.6 is 31.9 Å². The summed E-state index contributed by atoms with van der Waals surface area (Å²) in [5.41, 5.74) is 2.43. The summed E-state index contributed by atoms with van der Waals surface area (Å²) >= 11 is 6.94. The molecule has 0 radical (unpaired) electrons. The van der Waals surface area contributed by atoms with Gasteiger partial charge in [0.15, 0.2) is 0 Å². The minimum absolute atomic E-state index is 0.130. The molecule has 1 aromatic heterocycles. The number of rotatable bonds is 3. The van der Waals surface area contributed by atoms with E-state index >= 15 is 0 Å². The molecule has 0 atom stereocenters. The fraction of sp³-hybridized carbons (Fsp3) is 0.0667. The van der Waals surface area contributed by atoms with Gasteiger partial charge in [0.05, 0.1) is 11.0 Å². The summed E-state index contributed by atoms with van der Waals surface area (Å²) in [6, 6.07) is 13.3. The van der Waals surface area contributed by atoms with Gasteiger partial charge in [-0.2, -0.15) is 0 Å². The number of benzene rings is 2. The first-order valence-corrected chi connectivity index (χ1v) is 7.77. The lowest BCUT2D eigenvalue weighted by Gasteiger charge is -2.08. The maximum Gasteiger partial charge on any atom is 0.323 e. The van der Waals surface area contributed by atoms with Crippen molar-refractivity contribution in [1.82, 2.24) is 9.55 Å². The first-order valence-electron chi connectivity index (χ1n) is 6.19. The first-order chi connectivity index (χ1) is 10.1. The average molecular weight is 410 g/mol. The quantitative estimate of drug-likeness (QED) is 0.701. The monoisotopic (exact) mass is 408 g/mol. The predicted octanol–water partition coefficient (Wildman–Crippen LogP) is 4.31. The van der Waals surface area contributed by atoms with Crippen molar-refractivity contribution >= 4 is 48.9 Å². The fourth-order valence-electron chi connectivity index (χ4n) is 2.25. The highest BCUT2D eigenvalue weighted by atomic mass is 79.9. The molecule has 21 heavy (non-hydrogen) atoms. The molecule has 2 aromatic carbocycles. The lowest BCUT2D eigenvalue weighted by molar-refractivity contribution is -0.137. The molecule has 0 aliphatic carbocycles. The maximum atomic E-state index is 11.2. The van der Waals surface area contributed by atoms with Crippen LogP contribution in [0.25, 0.3) is 22.4 Å². The topological polar surface area (TPSA) is 55.1 Å². The zero-order chi connectivity index (χ0) is 15.0. The highest BCUT2D eigenvalue weighted by molar-refractivity contribution is 9.11. The van der Waals surface area contributed by atoms with E-state index in [9.17, 15) is 9.90 Å². The van der Waals surface area contributed by atoms with Gasteiger partial charge < -0.3 is 9.67 Å². The molecule has 0 amide bonds. The Balaban J connectivity index is 2.30. The number of nitrogens with zero attached hydrogens (tertiary/aromatic N) is 2. The van der Waals surface area contributed by atoms with Crippen LogP contribution in [0, 0.1) is 0 Å². The van der Waals surface area contributed by atoms with E-state index < -0.39 is 5.97 Å². The number of carboxylic acids is 1. The van der Waals surface area contributed by atoms with Crippen molar-refractivity contribution in [2.75, 3.05) is 0 Å². The Morgan fingerprint density at radius 1 is 1.19 bits per heavy atom. The van der Waals surface area contributed by atoms with Crippen molar-refractivity contribution < 1.29 is 9.90 Å². The lowest BCUT2D eigenvalue weighted by Crippen LogP contribution is -2.10. The van der Waals surface area contributed by atoms with E-state index in [1.165, 1.54) is 0 Å². The van der Waals surface area contributed by atoms with Gasteiger partial charge in [0.25, 0.3) is 0 Å². The molecule has 0 unspecified atom stereocenters. The Labute approximate surface area is 137 Å². The molecule has 106 valence electrons. The molecule has 0 aliphatic heterocycles. The van der Waals surface area contributed by atoms with Gasteiger partial charge in [0, 0.05) is 14.5 Å². The molecule has 1 N–H and O–H groups in total. The first kappa shape index (κ1) is 14.3. The smallest absolute Gasteiger partial charge is 0.323 e. The molecule has 4 nitrogen and oxygen atoms in total. The Kier molecular flexibility index (Phi) is 3.82. The van der Waals surface area contributed by atoms with Gasteiger partial charge in [-0.3, -0.25) is 4.79 Å². The molecule has 0 saturated heterocycles. The number of hydrogen-bond acceptors (Lipinski definition) is 2. The molecular weight excluding hydrogens is 400 g/mol. The van der Waals surface area contributed by atoms with E-state index in [0.29, 0.717) is 5.82 Å². The molecule has 0 spiro atoms. The molecular formula is C15H10Br2N2O2. The Bertz CT molecular complexity index is 843. The van der Waals surface area contributed by atoms with Crippen LogP contribution in [0.2, 0.25) is 0 Å². The highest BCUT2D eigenvalue weighted by Crippen LogP contribution is 2.32. The van der Waals surface area contributed by atoms with Crippen molar-refractivity contribution in [3.63, 3.8) is 0 Å². The molecule has 6 heteroatoms. The third-order valence-corrected chi connectivity index (χ3v) is 4.30. The summed E-state index contributed by atoms with van der Waals surface area (Å²) in [6.45, 7) is -0.130. The summed E-state index contributed by atoms with van der Waals surface area (Å²) in [4.78, 5) is 15.8. The number of imidazole rings is 1. The number of hydrogen-bond donors (Lipinski definition) is 1. The summed E-state index contributed by atoms with van der Waals surface area (Å²) < 4.78 is 3.49. The highest BCUT2D eigenvalue weighted by Gasteiger charge is 2.16. The SMILES string of the molecule is O=C(O)Cn1c(-c2cc(Br)ccc2Br)nc2ccccc21. The van der Waals surface area contributed by atoms with E-state index in [2.05, 4.69) is 36.8 Å². The van der Waals surface area contributed by atoms with Gasteiger partial charge in [-0.1, -0.05) is 44.0 Å². The third-order valence-electron chi connectivity index (χ3n) is 3.12. The van der Waals surface area contributed by atoms with E-state index in [1.54, 1.807) is 4.57 Å². The summed E-state index contributed by atoms with van der Waals surface area (Å²) in [6.07, 6.45) is 0. The number of aromatic nitrogens is 2. The van der Waals surface area contributed by atoms with Crippen molar-refractivity contribution in [3.8, 4) is 11.4 Å². The number of carbonyl (C=O) groups is 1. The van der Waals surface area contributed by atoms with Gasteiger partial charge in [0.2, 0.25) is 0 Å². The zero-order valence-corrected chi connectivity index (χ0v) is 13.9. The number of aliphatic carboxylic acids is 1. The second kappa shape index (κ2) is 5.61. The van der Waals surface area contributed by atoms with Crippen LogP contribution in [0.5, 0.6) is 0 Å². The van der Waals surface area contributed by atoms with Crippen LogP contribution in [-0.4, -0.2) is 20.6 Å². The van der Waals surface area contributed by atoms with Crippen LogP contribution < -0.4 is 0 Å². The van der Waals surface area contributed by atoms with Gasteiger partial charge in [-0.25, -0.2) is 4.98 Å². The fourth-order valence-corrected chi connectivity index (χ4v) is 3.03. The van der Waals surface area contributed by atoms with Crippen molar-refractivity contribution in [2.24, 2.45) is 0 Å². The maximum absolute atomic E-state index is 11.2. The minimum Gasteiger partial charge on any atom is -0.480 e. The van der Waals surface area contributed by atoms with Crippen molar-refractivity contribution in [1.29, 1.82) is 0 Å². The Morgan fingerprint density at radius 2 is 1.95 bits per heavy atom. The van der Waals surface area contributed by atoms with Gasteiger partial charge in [-0.15, -0.1) is 0 Å². The molecule has 0 bridgehead atoms. The van der Waals surface area contributed by atoms with Crippen LogP contribution in [0.3, 0.4) is 0 Å². The molecule has 1 heterocycles. The van der Waals surface area contributed by atoms with Gasteiger partial charge in [-0.05, 0) is 30.3 Å². The molecule has 3 rings (SSSR count). The van der Waals surface area contributed by atoms with Crippen LogP contribution in [0.1, 0.15) is 0 Å². The van der Waals surface area contributed by atoms with Crippen LogP contribution in [0.15, 0.2) is 51.4 Å². The van der Waals surface area contributed by atoms with Crippen molar-refractivity contribution in [3.05, 3.63) is 51.4 Å². The Hall–Kier alpha value is -1.66. The summed E-state index contributed by atoms with van der Waals surface area (Å²) in [5.74, 6) is -0.266. The largest absolute Gasteiger partial charge is 0.480 e. The summed E-state index contributed by atoms with van der Waals surface area (Å²) in [5, 5.41) is 9.17. The molecule has 0 fully saturated rings. The van der Waals surface area contributed by atoms with E-state index in [1.807, 2.05) is 42.5 Å². The minimum atomic E-state index is -0.898. The second-order valence-corrected chi connectivity index (χ2v) is 6.30. The average Bonchev–Trinajstić information content (AvgIpc) is 2.80. The number of fused-ring (bicyclic) bond motifs is 1. The van der Waals surface area contributed by atoms with Crippen molar-refractivity contribution in [2.45, 2.75) is 6.54 Å².